The third kappa shape index (κ3) is 7.74. The van der Waals surface area contributed by atoms with E-state index < -0.39 is 5.97 Å². The van der Waals surface area contributed by atoms with Crippen molar-refractivity contribution in [2.24, 2.45) is 5.73 Å². The largest absolute Gasteiger partial charge is 0.481 e. The molecule has 0 radical (unpaired) electrons. The van der Waals surface area contributed by atoms with Gasteiger partial charge in [0.2, 0.25) is 0 Å². The van der Waals surface area contributed by atoms with Crippen LogP contribution >= 0.6 is 0 Å². The first-order chi connectivity index (χ1) is 6.20. The van der Waals surface area contributed by atoms with Crippen molar-refractivity contribution < 1.29 is 9.90 Å². The molecule has 0 fully saturated rings. The van der Waals surface area contributed by atoms with E-state index in [1.165, 1.54) is 0 Å². The van der Waals surface area contributed by atoms with Crippen LogP contribution in [0.15, 0.2) is 0 Å². The molecule has 0 heterocycles. The molecule has 0 aromatic rings. The maximum atomic E-state index is 10.3. The van der Waals surface area contributed by atoms with Crippen molar-refractivity contribution in [3.63, 3.8) is 0 Å². The van der Waals surface area contributed by atoms with Gasteiger partial charge in [-0.2, -0.15) is 0 Å². The van der Waals surface area contributed by atoms with E-state index in [0.717, 1.165) is 25.9 Å². The minimum atomic E-state index is -0.737. The topological polar surface area (TPSA) is 66.6 Å². The van der Waals surface area contributed by atoms with E-state index in [-0.39, 0.29) is 6.42 Å². The second-order valence-electron chi connectivity index (χ2n) is 3.13. The molecule has 0 unspecified atom stereocenters. The Hall–Kier alpha value is -0.610. The average Bonchev–Trinajstić information content (AvgIpc) is 2.09. The van der Waals surface area contributed by atoms with Crippen molar-refractivity contribution in [1.82, 2.24) is 4.90 Å². The molecule has 0 aliphatic carbocycles. The quantitative estimate of drug-likeness (QED) is 0.583. The van der Waals surface area contributed by atoms with E-state index in [1.807, 2.05) is 0 Å². The summed E-state index contributed by atoms with van der Waals surface area (Å²) >= 11 is 0. The van der Waals surface area contributed by atoms with Crippen LogP contribution in [0.5, 0.6) is 0 Å². The monoisotopic (exact) mass is 188 g/mol. The van der Waals surface area contributed by atoms with Crippen LogP contribution in [-0.4, -0.2) is 42.2 Å². The van der Waals surface area contributed by atoms with E-state index >= 15 is 0 Å². The van der Waals surface area contributed by atoms with Crippen molar-refractivity contribution in [2.45, 2.75) is 26.2 Å². The Morgan fingerprint density at radius 2 is 2.08 bits per heavy atom. The number of carboxylic acids is 1. The smallest absolute Gasteiger partial charge is 0.304 e. The number of rotatable bonds is 8. The number of carboxylic acid groups (broad SMARTS) is 1. The Labute approximate surface area is 79.7 Å². The fourth-order valence-electron chi connectivity index (χ4n) is 1.15. The van der Waals surface area contributed by atoms with Crippen molar-refractivity contribution in [2.75, 3.05) is 26.2 Å². The Bertz CT molecular complexity index is 140. The van der Waals surface area contributed by atoms with Gasteiger partial charge in [0.25, 0.3) is 0 Å². The molecule has 0 bridgehead atoms. The molecule has 0 atom stereocenters. The van der Waals surface area contributed by atoms with Gasteiger partial charge < -0.3 is 15.7 Å². The van der Waals surface area contributed by atoms with Gasteiger partial charge >= 0.3 is 5.97 Å². The van der Waals surface area contributed by atoms with E-state index in [2.05, 4.69) is 11.8 Å². The molecule has 0 saturated heterocycles. The summed E-state index contributed by atoms with van der Waals surface area (Å²) in [6.45, 7) is 5.10. The Morgan fingerprint density at radius 1 is 1.38 bits per heavy atom. The Morgan fingerprint density at radius 3 is 2.54 bits per heavy atom. The molecule has 0 aromatic carbocycles. The number of nitrogens with zero attached hydrogens (tertiary/aromatic N) is 1. The van der Waals surface area contributed by atoms with E-state index in [9.17, 15) is 4.79 Å². The molecule has 0 spiro atoms. The second-order valence-corrected chi connectivity index (χ2v) is 3.13. The summed E-state index contributed by atoms with van der Waals surface area (Å²) in [5, 5.41) is 8.50. The molecule has 0 aromatic heterocycles. The molecule has 0 aliphatic rings. The van der Waals surface area contributed by atoms with Crippen LogP contribution in [0.4, 0.5) is 0 Å². The van der Waals surface area contributed by atoms with Crippen LogP contribution in [0, 0.1) is 0 Å². The summed E-state index contributed by atoms with van der Waals surface area (Å²) in [6, 6.07) is 0. The van der Waals surface area contributed by atoms with Gasteiger partial charge in [-0.15, -0.1) is 0 Å². The molecule has 4 nitrogen and oxygen atoms in total. The van der Waals surface area contributed by atoms with Crippen molar-refractivity contribution >= 4 is 5.97 Å². The van der Waals surface area contributed by atoms with Crippen LogP contribution in [-0.2, 0) is 4.79 Å². The van der Waals surface area contributed by atoms with Gasteiger partial charge in [0.05, 0.1) is 6.42 Å². The summed E-state index contributed by atoms with van der Waals surface area (Å²) in [5.74, 6) is -0.737. The van der Waals surface area contributed by atoms with Gasteiger partial charge in [-0.3, -0.25) is 4.79 Å². The van der Waals surface area contributed by atoms with E-state index in [1.54, 1.807) is 0 Å². The molecule has 0 rings (SSSR count). The maximum Gasteiger partial charge on any atom is 0.304 e. The van der Waals surface area contributed by atoms with E-state index in [4.69, 9.17) is 10.8 Å². The average molecular weight is 188 g/mol. The van der Waals surface area contributed by atoms with Crippen molar-refractivity contribution in [3.05, 3.63) is 0 Å². The summed E-state index contributed by atoms with van der Waals surface area (Å²) in [5.41, 5.74) is 5.42. The highest BCUT2D eigenvalue weighted by Crippen LogP contribution is 1.96. The fraction of sp³-hybridized carbons (Fsp3) is 0.889. The number of hydrogen-bond acceptors (Lipinski definition) is 3. The summed E-state index contributed by atoms with van der Waals surface area (Å²) in [4.78, 5) is 12.4. The van der Waals surface area contributed by atoms with E-state index in [0.29, 0.717) is 13.1 Å². The number of nitrogens with two attached hydrogens (primary N) is 1. The van der Waals surface area contributed by atoms with Crippen LogP contribution in [0.2, 0.25) is 0 Å². The highest BCUT2D eigenvalue weighted by atomic mass is 16.4. The lowest BCUT2D eigenvalue weighted by molar-refractivity contribution is -0.137. The van der Waals surface area contributed by atoms with Gasteiger partial charge in [0.1, 0.15) is 0 Å². The van der Waals surface area contributed by atoms with Gasteiger partial charge in [-0.1, -0.05) is 13.3 Å². The van der Waals surface area contributed by atoms with Gasteiger partial charge in [-0.25, -0.2) is 0 Å². The Balaban J connectivity index is 3.59. The minimum Gasteiger partial charge on any atom is -0.481 e. The Kier molecular flexibility index (Phi) is 7.63. The lowest BCUT2D eigenvalue weighted by Gasteiger charge is -2.19. The summed E-state index contributed by atoms with van der Waals surface area (Å²) in [6.07, 6.45) is 2.46. The highest BCUT2D eigenvalue weighted by Gasteiger charge is 2.05. The number of hydrogen-bond donors (Lipinski definition) is 2. The van der Waals surface area contributed by atoms with Crippen LogP contribution in [0.25, 0.3) is 0 Å². The third-order valence-corrected chi connectivity index (χ3v) is 1.92. The first kappa shape index (κ1) is 12.4. The standard InChI is InChI=1S/C9H20N2O2/c1-2-3-6-11(8-5-10)7-4-9(12)13/h2-8,10H2,1H3,(H,12,13). The summed E-state index contributed by atoms with van der Waals surface area (Å²) < 4.78 is 0. The zero-order valence-corrected chi connectivity index (χ0v) is 8.33. The molecule has 4 heteroatoms. The van der Waals surface area contributed by atoms with Gasteiger partial charge in [0.15, 0.2) is 0 Å². The fourth-order valence-corrected chi connectivity index (χ4v) is 1.15. The molecular formula is C9H20N2O2. The number of carbonyl (C=O) groups is 1. The molecule has 0 saturated carbocycles. The number of unbranched alkanes of at least 4 members (excludes halogenated alkanes) is 1. The number of aliphatic carboxylic acids is 1. The molecule has 13 heavy (non-hydrogen) atoms. The molecule has 78 valence electrons. The first-order valence-corrected chi connectivity index (χ1v) is 4.85. The normalized spacial score (nSPS) is 10.7. The molecule has 0 aliphatic heterocycles. The van der Waals surface area contributed by atoms with Crippen LogP contribution in [0.3, 0.4) is 0 Å². The highest BCUT2D eigenvalue weighted by molar-refractivity contribution is 5.66. The van der Waals surface area contributed by atoms with Gasteiger partial charge in [-0.05, 0) is 13.0 Å². The van der Waals surface area contributed by atoms with Crippen molar-refractivity contribution in [3.8, 4) is 0 Å². The predicted molar refractivity (Wildman–Crippen MR) is 52.7 cm³/mol. The first-order valence-electron chi connectivity index (χ1n) is 4.85. The zero-order chi connectivity index (χ0) is 10.1. The predicted octanol–water partition coefficient (Wildman–Crippen LogP) is 0.522. The SMILES string of the molecule is CCCCN(CCN)CCC(=O)O. The van der Waals surface area contributed by atoms with Crippen molar-refractivity contribution in [1.29, 1.82) is 0 Å². The lowest BCUT2D eigenvalue weighted by Crippen LogP contribution is -2.32. The third-order valence-electron chi connectivity index (χ3n) is 1.92. The van der Waals surface area contributed by atoms with Crippen LogP contribution in [0.1, 0.15) is 26.2 Å². The van der Waals surface area contributed by atoms with Gasteiger partial charge in [0, 0.05) is 19.6 Å². The molecular weight excluding hydrogens is 168 g/mol. The second kappa shape index (κ2) is 8.01. The maximum absolute atomic E-state index is 10.3. The van der Waals surface area contributed by atoms with Crippen LogP contribution < -0.4 is 5.73 Å². The molecule has 0 amide bonds. The lowest BCUT2D eigenvalue weighted by atomic mass is 10.3. The molecule has 3 N–H and O–H groups in total. The minimum absolute atomic E-state index is 0.212. The zero-order valence-electron chi connectivity index (χ0n) is 8.33. The summed E-state index contributed by atoms with van der Waals surface area (Å²) in [7, 11) is 0.